The first-order valence-electron chi connectivity index (χ1n) is 8.10. The van der Waals surface area contributed by atoms with Gasteiger partial charge in [0.15, 0.2) is 5.82 Å². The number of carbonyl (C=O) groups excluding carboxylic acids is 1. The maximum Gasteiger partial charge on any atom is 0.273 e. The molecule has 0 unspecified atom stereocenters. The zero-order chi connectivity index (χ0) is 18.2. The average Bonchev–Trinajstić information content (AvgIpc) is 2.58. The van der Waals surface area contributed by atoms with Crippen molar-refractivity contribution in [2.24, 2.45) is 0 Å². The highest BCUT2D eigenvalue weighted by molar-refractivity contribution is 5.76. The third-order valence-corrected chi connectivity index (χ3v) is 3.28. The fraction of sp³-hybridized carbons (Fsp3) is 0.333. The molecule has 0 aliphatic rings. The fourth-order valence-corrected chi connectivity index (χ4v) is 2.15. The van der Waals surface area contributed by atoms with E-state index in [-0.39, 0.29) is 36.1 Å². The van der Waals surface area contributed by atoms with Crippen molar-refractivity contribution in [3.05, 3.63) is 53.0 Å². The van der Waals surface area contributed by atoms with E-state index in [9.17, 15) is 9.59 Å². The molecule has 2 aromatic rings. The Labute approximate surface area is 146 Å². The standard InChI is InChI=1S/C18H22N4O3/c1-4-10-19-16(23)9-8-15-18(24)20-17(22-21-15)13-6-5-7-14(11-13)25-12(2)3/h4-7,11-12H,1,8-10H2,2-3H3,(H,19,23)(H,20,22,24). The highest BCUT2D eigenvalue weighted by Gasteiger charge is 2.10. The van der Waals surface area contributed by atoms with Gasteiger partial charge >= 0.3 is 0 Å². The number of hydrogen-bond donors (Lipinski definition) is 2. The van der Waals surface area contributed by atoms with Crippen LogP contribution >= 0.6 is 0 Å². The van der Waals surface area contributed by atoms with Gasteiger partial charge in [-0.2, -0.15) is 0 Å². The molecule has 0 radical (unpaired) electrons. The van der Waals surface area contributed by atoms with Crippen LogP contribution < -0.4 is 15.6 Å². The van der Waals surface area contributed by atoms with Gasteiger partial charge in [0.1, 0.15) is 11.4 Å². The van der Waals surface area contributed by atoms with Gasteiger partial charge in [0.25, 0.3) is 5.56 Å². The molecule has 1 aromatic carbocycles. The lowest BCUT2D eigenvalue weighted by Crippen LogP contribution is -2.25. The van der Waals surface area contributed by atoms with Gasteiger partial charge in [0.05, 0.1) is 6.10 Å². The maximum atomic E-state index is 12.2. The molecule has 132 valence electrons. The van der Waals surface area contributed by atoms with Gasteiger partial charge in [0.2, 0.25) is 5.91 Å². The largest absolute Gasteiger partial charge is 0.491 e. The summed E-state index contributed by atoms with van der Waals surface area (Å²) in [4.78, 5) is 26.4. The number of H-pyrrole nitrogens is 1. The van der Waals surface area contributed by atoms with Gasteiger partial charge in [-0.3, -0.25) is 9.59 Å². The van der Waals surface area contributed by atoms with Crippen LogP contribution in [0.4, 0.5) is 0 Å². The van der Waals surface area contributed by atoms with Crippen molar-refractivity contribution in [1.29, 1.82) is 0 Å². The summed E-state index contributed by atoms with van der Waals surface area (Å²) in [6.07, 6.45) is 2.04. The number of aromatic nitrogens is 3. The van der Waals surface area contributed by atoms with Crippen LogP contribution in [0.25, 0.3) is 11.4 Å². The van der Waals surface area contributed by atoms with Crippen LogP contribution in [0.15, 0.2) is 41.7 Å². The number of hydrogen-bond acceptors (Lipinski definition) is 5. The maximum absolute atomic E-state index is 12.2. The average molecular weight is 342 g/mol. The Morgan fingerprint density at radius 3 is 2.88 bits per heavy atom. The van der Waals surface area contributed by atoms with Crippen LogP contribution in [0.3, 0.4) is 0 Å². The van der Waals surface area contributed by atoms with E-state index in [1.807, 2.05) is 32.0 Å². The lowest BCUT2D eigenvalue weighted by molar-refractivity contribution is -0.120. The van der Waals surface area contributed by atoms with E-state index in [4.69, 9.17) is 4.74 Å². The molecule has 1 heterocycles. The van der Waals surface area contributed by atoms with E-state index in [2.05, 4.69) is 27.1 Å². The van der Waals surface area contributed by atoms with Crippen LogP contribution in [0.2, 0.25) is 0 Å². The summed E-state index contributed by atoms with van der Waals surface area (Å²) >= 11 is 0. The van der Waals surface area contributed by atoms with Crippen LogP contribution in [0.1, 0.15) is 26.0 Å². The summed E-state index contributed by atoms with van der Waals surface area (Å²) < 4.78 is 5.64. The molecule has 2 N–H and O–H groups in total. The number of nitrogens with one attached hydrogen (secondary N) is 2. The fourth-order valence-electron chi connectivity index (χ4n) is 2.15. The van der Waals surface area contributed by atoms with E-state index in [0.29, 0.717) is 23.7 Å². The molecule has 0 spiro atoms. The molecular weight excluding hydrogens is 320 g/mol. The number of carbonyl (C=O) groups is 1. The van der Waals surface area contributed by atoms with Gasteiger partial charge in [-0.25, -0.2) is 0 Å². The molecule has 25 heavy (non-hydrogen) atoms. The molecule has 0 fully saturated rings. The van der Waals surface area contributed by atoms with Gasteiger partial charge in [-0.1, -0.05) is 18.2 Å². The number of ether oxygens (including phenoxy) is 1. The molecule has 0 saturated heterocycles. The molecule has 0 atom stereocenters. The normalized spacial score (nSPS) is 10.5. The Morgan fingerprint density at radius 2 is 2.20 bits per heavy atom. The van der Waals surface area contributed by atoms with E-state index in [0.717, 1.165) is 0 Å². The van der Waals surface area contributed by atoms with Crippen molar-refractivity contribution in [1.82, 2.24) is 20.5 Å². The lowest BCUT2D eigenvalue weighted by Gasteiger charge is -2.10. The van der Waals surface area contributed by atoms with Gasteiger partial charge in [-0.15, -0.1) is 16.8 Å². The van der Waals surface area contributed by atoms with Gasteiger partial charge in [-0.05, 0) is 26.0 Å². The first-order chi connectivity index (χ1) is 12.0. The Balaban J connectivity index is 2.10. The van der Waals surface area contributed by atoms with E-state index in [1.54, 1.807) is 12.1 Å². The second-order valence-electron chi connectivity index (χ2n) is 5.74. The number of amides is 1. The number of nitrogens with zero attached hydrogens (tertiary/aromatic N) is 2. The minimum atomic E-state index is -0.350. The SMILES string of the molecule is C=CCNC(=O)CCc1nnc(-c2cccc(OC(C)C)c2)[nH]c1=O. The van der Waals surface area contributed by atoms with Crippen molar-refractivity contribution in [3.8, 4) is 17.1 Å². The zero-order valence-electron chi connectivity index (χ0n) is 14.4. The highest BCUT2D eigenvalue weighted by atomic mass is 16.5. The predicted molar refractivity (Wildman–Crippen MR) is 95.4 cm³/mol. The van der Waals surface area contributed by atoms with E-state index < -0.39 is 0 Å². The lowest BCUT2D eigenvalue weighted by atomic mass is 10.2. The summed E-state index contributed by atoms with van der Waals surface area (Å²) in [6.45, 7) is 7.80. The van der Waals surface area contributed by atoms with Gasteiger partial charge in [0, 0.05) is 24.9 Å². The molecule has 0 aliphatic carbocycles. The van der Waals surface area contributed by atoms with Gasteiger partial charge < -0.3 is 15.0 Å². The summed E-state index contributed by atoms with van der Waals surface area (Å²) in [6, 6.07) is 7.27. The molecule has 2 rings (SSSR count). The number of benzene rings is 1. The zero-order valence-corrected chi connectivity index (χ0v) is 14.4. The Bertz CT molecular complexity index is 799. The van der Waals surface area contributed by atoms with Crippen LogP contribution in [-0.2, 0) is 11.2 Å². The summed E-state index contributed by atoms with van der Waals surface area (Å²) in [5.74, 6) is 0.890. The molecule has 1 aromatic heterocycles. The Hall–Kier alpha value is -2.96. The number of aromatic amines is 1. The topological polar surface area (TPSA) is 97.0 Å². The van der Waals surface area contributed by atoms with E-state index >= 15 is 0 Å². The third kappa shape index (κ3) is 5.56. The monoisotopic (exact) mass is 342 g/mol. The minimum absolute atomic E-state index is 0.0509. The molecular formula is C18H22N4O3. The molecule has 0 bridgehead atoms. The Kier molecular flexibility index (Phi) is 6.45. The molecule has 0 aliphatic heterocycles. The van der Waals surface area contributed by atoms with Crippen LogP contribution in [-0.4, -0.2) is 33.7 Å². The summed E-state index contributed by atoms with van der Waals surface area (Å²) in [5.41, 5.74) is 0.585. The first-order valence-corrected chi connectivity index (χ1v) is 8.10. The van der Waals surface area contributed by atoms with Crippen molar-refractivity contribution >= 4 is 5.91 Å². The molecule has 7 nitrogen and oxygen atoms in total. The molecule has 0 saturated carbocycles. The van der Waals surface area contributed by atoms with Crippen LogP contribution in [0.5, 0.6) is 5.75 Å². The highest BCUT2D eigenvalue weighted by Crippen LogP contribution is 2.20. The second kappa shape index (κ2) is 8.77. The minimum Gasteiger partial charge on any atom is -0.491 e. The second-order valence-corrected chi connectivity index (χ2v) is 5.74. The third-order valence-electron chi connectivity index (χ3n) is 3.28. The van der Waals surface area contributed by atoms with Crippen molar-refractivity contribution < 1.29 is 9.53 Å². The van der Waals surface area contributed by atoms with Crippen molar-refractivity contribution in [2.75, 3.05) is 6.54 Å². The van der Waals surface area contributed by atoms with E-state index in [1.165, 1.54) is 0 Å². The van der Waals surface area contributed by atoms with Crippen molar-refractivity contribution in [2.45, 2.75) is 32.8 Å². The van der Waals surface area contributed by atoms with Crippen LogP contribution in [0, 0.1) is 0 Å². The number of rotatable bonds is 8. The predicted octanol–water partition coefficient (Wildman–Crippen LogP) is 1.85. The summed E-state index contributed by atoms with van der Waals surface area (Å²) in [7, 11) is 0. The number of aryl methyl sites for hydroxylation is 1. The quantitative estimate of drug-likeness (QED) is 0.714. The first kappa shape index (κ1) is 18.4. The molecule has 1 amide bonds. The summed E-state index contributed by atoms with van der Waals surface area (Å²) in [5, 5.41) is 10.7. The smallest absolute Gasteiger partial charge is 0.273 e. The Morgan fingerprint density at radius 1 is 1.40 bits per heavy atom. The van der Waals surface area contributed by atoms with Crippen molar-refractivity contribution in [3.63, 3.8) is 0 Å². The molecule has 7 heteroatoms.